The van der Waals surface area contributed by atoms with E-state index in [-0.39, 0.29) is 11.9 Å². The minimum absolute atomic E-state index is 0.0446. The minimum atomic E-state index is -0.179. The van der Waals surface area contributed by atoms with Gasteiger partial charge >= 0.3 is 0 Å². The maximum Gasteiger partial charge on any atom is 0.251 e. The minimum Gasteiger partial charge on any atom is -0.497 e. The molecule has 1 atom stereocenters. The molecule has 0 aliphatic heterocycles. The molecular formula is C21H25N3O2. The molecule has 1 unspecified atom stereocenters. The Hall–Kier alpha value is -2.84. The van der Waals surface area contributed by atoms with Crippen LogP contribution in [-0.4, -0.2) is 37.6 Å². The topological polar surface area (TPSA) is 65.4 Å². The van der Waals surface area contributed by atoms with Gasteiger partial charge in [-0.25, -0.2) is 0 Å². The van der Waals surface area contributed by atoms with Gasteiger partial charge in [0.05, 0.1) is 24.8 Å². The molecule has 0 aromatic heterocycles. The van der Waals surface area contributed by atoms with Gasteiger partial charge in [0.15, 0.2) is 0 Å². The second-order valence-electron chi connectivity index (χ2n) is 5.92. The maximum absolute atomic E-state index is 12.5. The molecule has 26 heavy (non-hydrogen) atoms. The Labute approximate surface area is 155 Å². The van der Waals surface area contributed by atoms with Gasteiger partial charge in [-0.2, -0.15) is 5.26 Å². The van der Waals surface area contributed by atoms with E-state index in [4.69, 9.17) is 10.00 Å². The average molecular weight is 351 g/mol. The van der Waals surface area contributed by atoms with Crippen LogP contribution in [0.15, 0.2) is 48.5 Å². The normalized spacial score (nSPS) is 11.7. The van der Waals surface area contributed by atoms with Gasteiger partial charge in [0.2, 0.25) is 0 Å². The Balaban J connectivity index is 2.18. The number of hydrogen-bond acceptors (Lipinski definition) is 4. The zero-order valence-corrected chi connectivity index (χ0v) is 15.5. The first kappa shape index (κ1) is 19.5. The summed E-state index contributed by atoms with van der Waals surface area (Å²) in [5, 5.41) is 12.0. The van der Waals surface area contributed by atoms with Crippen LogP contribution in [0.2, 0.25) is 0 Å². The van der Waals surface area contributed by atoms with E-state index in [0.717, 1.165) is 24.4 Å². The van der Waals surface area contributed by atoms with Gasteiger partial charge in [-0.1, -0.05) is 32.0 Å². The molecule has 5 heteroatoms. The zero-order valence-electron chi connectivity index (χ0n) is 15.5. The quantitative estimate of drug-likeness (QED) is 0.792. The van der Waals surface area contributed by atoms with Gasteiger partial charge in [-0.15, -0.1) is 0 Å². The molecule has 2 aromatic rings. The number of carbonyl (C=O) groups is 1. The number of methoxy groups -OCH3 is 1. The van der Waals surface area contributed by atoms with Gasteiger partial charge in [0, 0.05) is 12.1 Å². The van der Waals surface area contributed by atoms with Crippen LogP contribution in [0.5, 0.6) is 5.75 Å². The number of amides is 1. The van der Waals surface area contributed by atoms with E-state index in [9.17, 15) is 4.79 Å². The fraction of sp³-hybridized carbons (Fsp3) is 0.333. The van der Waals surface area contributed by atoms with E-state index >= 15 is 0 Å². The highest BCUT2D eigenvalue weighted by Crippen LogP contribution is 2.24. The van der Waals surface area contributed by atoms with E-state index in [1.54, 1.807) is 31.4 Å². The predicted octanol–water partition coefficient (Wildman–Crippen LogP) is 3.38. The molecule has 5 nitrogen and oxygen atoms in total. The lowest BCUT2D eigenvalue weighted by Crippen LogP contribution is -2.38. The maximum atomic E-state index is 12.5. The Morgan fingerprint density at radius 1 is 1.19 bits per heavy atom. The number of ether oxygens (including phenoxy) is 1. The van der Waals surface area contributed by atoms with Gasteiger partial charge in [0.1, 0.15) is 5.75 Å². The molecular weight excluding hydrogens is 326 g/mol. The molecule has 0 aliphatic carbocycles. The molecule has 1 N–H and O–H groups in total. The van der Waals surface area contributed by atoms with Gasteiger partial charge in [-0.05, 0) is 49.0 Å². The zero-order chi connectivity index (χ0) is 18.9. The smallest absolute Gasteiger partial charge is 0.251 e. The lowest BCUT2D eigenvalue weighted by Gasteiger charge is -2.30. The number of nitrogens with zero attached hydrogens (tertiary/aromatic N) is 2. The Morgan fingerprint density at radius 2 is 1.92 bits per heavy atom. The van der Waals surface area contributed by atoms with Crippen LogP contribution in [0, 0.1) is 11.3 Å². The highest BCUT2D eigenvalue weighted by Gasteiger charge is 2.20. The van der Waals surface area contributed by atoms with Crippen LogP contribution in [0.3, 0.4) is 0 Å². The van der Waals surface area contributed by atoms with Gasteiger partial charge in [-0.3, -0.25) is 9.69 Å². The fourth-order valence-corrected chi connectivity index (χ4v) is 2.99. The third-order valence-corrected chi connectivity index (χ3v) is 4.44. The highest BCUT2D eigenvalue weighted by molar-refractivity contribution is 5.94. The second-order valence-corrected chi connectivity index (χ2v) is 5.92. The van der Waals surface area contributed by atoms with Crippen LogP contribution in [-0.2, 0) is 0 Å². The van der Waals surface area contributed by atoms with Crippen molar-refractivity contribution >= 4 is 5.91 Å². The fourth-order valence-electron chi connectivity index (χ4n) is 2.99. The summed E-state index contributed by atoms with van der Waals surface area (Å²) in [4.78, 5) is 14.8. The van der Waals surface area contributed by atoms with Crippen molar-refractivity contribution in [1.29, 1.82) is 5.26 Å². The van der Waals surface area contributed by atoms with Crippen molar-refractivity contribution in [3.63, 3.8) is 0 Å². The molecule has 0 aliphatic rings. The van der Waals surface area contributed by atoms with Crippen LogP contribution in [0.4, 0.5) is 0 Å². The third-order valence-electron chi connectivity index (χ3n) is 4.44. The summed E-state index contributed by atoms with van der Waals surface area (Å²) in [5.74, 6) is 0.620. The molecule has 0 saturated carbocycles. The van der Waals surface area contributed by atoms with E-state index in [1.807, 2.05) is 24.3 Å². The number of likely N-dealkylation sites (N-methyl/N-ethyl adjacent to an activating group) is 1. The monoisotopic (exact) mass is 351 g/mol. The lowest BCUT2D eigenvalue weighted by molar-refractivity contribution is 0.0935. The molecule has 1 amide bonds. The van der Waals surface area contributed by atoms with Crippen molar-refractivity contribution in [2.45, 2.75) is 19.9 Å². The van der Waals surface area contributed by atoms with Crippen LogP contribution in [0.1, 0.15) is 41.4 Å². The standard InChI is InChI=1S/C21H25N3O2/c1-4-24(5-2)20(17-9-7-11-19(13-17)26-3)15-23-21(25)18-10-6-8-16(12-18)14-22/h6-13,20H,4-5,15H2,1-3H3,(H,23,25). The number of hydrogen-bond donors (Lipinski definition) is 1. The van der Waals surface area contributed by atoms with Gasteiger partial charge < -0.3 is 10.1 Å². The van der Waals surface area contributed by atoms with Crippen molar-refractivity contribution in [1.82, 2.24) is 10.2 Å². The van der Waals surface area contributed by atoms with Crippen LogP contribution in [0.25, 0.3) is 0 Å². The van der Waals surface area contributed by atoms with Gasteiger partial charge in [0.25, 0.3) is 5.91 Å². The van der Waals surface area contributed by atoms with Crippen molar-refractivity contribution in [2.75, 3.05) is 26.7 Å². The van der Waals surface area contributed by atoms with E-state index < -0.39 is 0 Å². The lowest BCUT2D eigenvalue weighted by atomic mass is 10.0. The summed E-state index contributed by atoms with van der Waals surface area (Å²) >= 11 is 0. The predicted molar refractivity (Wildman–Crippen MR) is 102 cm³/mol. The van der Waals surface area contributed by atoms with Crippen molar-refractivity contribution in [2.24, 2.45) is 0 Å². The summed E-state index contributed by atoms with van der Waals surface area (Å²) < 4.78 is 5.34. The molecule has 0 spiro atoms. The first-order valence-corrected chi connectivity index (χ1v) is 8.79. The number of rotatable bonds is 8. The van der Waals surface area contributed by atoms with E-state index in [0.29, 0.717) is 17.7 Å². The van der Waals surface area contributed by atoms with Crippen LogP contribution < -0.4 is 10.1 Å². The number of nitrogens with one attached hydrogen (secondary N) is 1. The van der Waals surface area contributed by atoms with E-state index in [2.05, 4.69) is 30.1 Å². The van der Waals surface area contributed by atoms with Crippen molar-refractivity contribution in [3.8, 4) is 11.8 Å². The first-order valence-electron chi connectivity index (χ1n) is 8.79. The number of benzene rings is 2. The van der Waals surface area contributed by atoms with Crippen molar-refractivity contribution < 1.29 is 9.53 Å². The largest absolute Gasteiger partial charge is 0.497 e. The molecule has 0 heterocycles. The molecule has 2 rings (SSSR count). The van der Waals surface area contributed by atoms with Crippen molar-refractivity contribution in [3.05, 3.63) is 65.2 Å². The highest BCUT2D eigenvalue weighted by atomic mass is 16.5. The summed E-state index contributed by atoms with van der Waals surface area (Å²) in [6.45, 7) is 6.44. The molecule has 136 valence electrons. The molecule has 2 aromatic carbocycles. The molecule has 0 fully saturated rings. The first-order chi connectivity index (χ1) is 12.6. The van der Waals surface area contributed by atoms with Crippen LogP contribution >= 0.6 is 0 Å². The third kappa shape index (κ3) is 4.84. The summed E-state index contributed by atoms with van der Waals surface area (Å²) in [7, 11) is 1.65. The second kappa shape index (κ2) is 9.59. The number of carbonyl (C=O) groups excluding carboxylic acids is 1. The van der Waals surface area contributed by atoms with E-state index in [1.165, 1.54) is 0 Å². The Bertz CT molecular complexity index is 779. The average Bonchev–Trinajstić information content (AvgIpc) is 2.70. The Morgan fingerprint density at radius 3 is 2.58 bits per heavy atom. The summed E-state index contributed by atoms with van der Waals surface area (Å²) in [6, 6.07) is 16.8. The summed E-state index contributed by atoms with van der Waals surface area (Å²) in [6.07, 6.45) is 0. The molecule has 0 radical (unpaired) electrons. The SMILES string of the molecule is CCN(CC)C(CNC(=O)c1cccc(C#N)c1)c1cccc(OC)c1. The molecule has 0 bridgehead atoms. The molecule has 0 saturated heterocycles. The summed E-state index contributed by atoms with van der Waals surface area (Å²) in [5.41, 5.74) is 2.07. The number of nitriles is 1. The Kier molecular flexibility index (Phi) is 7.19.